The Morgan fingerprint density at radius 1 is 1.31 bits per heavy atom. The van der Waals surface area contributed by atoms with Crippen molar-refractivity contribution in [2.45, 2.75) is 37.8 Å². The molecule has 0 aromatic carbocycles. The van der Waals surface area contributed by atoms with E-state index in [4.69, 9.17) is 4.74 Å². The first-order valence-corrected chi connectivity index (χ1v) is 5.73. The van der Waals surface area contributed by atoms with Gasteiger partial charge in [-0.25, -0.2) is 4.79 Å². The minimum absolute atomic E-state index is 0.103. The standard InChI is InChI=1S/C11H14N2O3/c14-10-6-8(9-2-1-5-16-9)12-11(15)13(10)7-3-4-7/h6-7,9H,1-5H2,(H,12,15). The van der Waals surface area contributed by atoms with Gasteiger partial charge in [0.05, 0.1) is 11.8 Å². The Morgan fingerprint density at radius 3 is 2.69 bits per heavy atom. The largest absolute Gasteiger partial charge is 0.372 e. The van der Waals surface area contributed by atoms with Crippen molar-refractivity contribution in [3.8, 4) is 0 Å². The van der Waals surface area contributed by atoms with Crippen LogP contribution < -0.4 is 11.2 Å². The molecule has 86 valence electrons. The molecule has 0 amide bonds. The molecule has 1 aliphatic carbocycles. The average Bonchev–Trinajstić information content (AvgIpc) is 2.92. The van der Waals surface area contributed by atoms with Gasteiger partial charge in [-0.2, -0.15) is 0 Å². The van der Waals surface area contributed by atoms with Crippen LogP contribution in [0.4, 0.5) is 0 Å². The Labute approximate surface area is 92.1 Å². The third-order valence-corrected chi connectivity index (χ3v) is 3.18. The highest BCUT2D eigenvalue weighted by molar-refractivity contribution is 5.06. The van der Waals surface area contributed by atoms with E-state index in [2.05, 4.69) is 4.98 Å². The lowest BCUT2D eigenvalue weighted by Gasteiger charge is -2.10. The Morgan fingerprint density at radius 2 is 2.12 bits per heavy atom. The molecule has 1 N–H and O–H groups in total. The van der Waals surface area contributed by atoms with E-state index in [1.54, 1.807) is 0 Å². The molecule has 0 radical (unpaired) electrons. The zero-order chi connectivity index (χ0) is 11.1. The maximum Gasteiger partial charge on any atom is 0.328 e. The van der Waals surface area contributed by atoms with Crippen LogP contribution in [0.2, 0.25) is 0 Å². The molecular formula is C11H14N2O3. The van der Waals surface area contributed by atoms with Crippen LogP contribution in [0.1, 0.15) is 43.5 Å². The summed E-state index contributed by atoms with van der Waals surface area (Å²) in [7, 11) is 0. The molecule has 0 spiro atoms. The summed E-state index contributed by atoms with van der Waals surface area (Å²) in [6.07, 6.45) is 3.63. The van der Waals surface area contributed by atoms with Gasteiger partial charge in [0, 0.05) is 18.7 Å². The Balaban J connectivity index is 2.02. The highest BCUT2D eigenvalue weighted by Crippen LogP contribution is 2.32. The van der Waals surface area contributed by atoms with Crippen LogP contribution in [-0.2, 0) is 4.74 Å². The molecule has 1 saturated heterocycles. The minimum Gasteiger partial charge on any atom is -0.372 e. The van der Waals surface area contributed by atoms with Crippen molar-refractivity contribution in [1.29, 1.82) is 0 Å². The topological polar surface area (TPSA) is 64.1 Å². The lowest BCUT2D eigenvalue weighted by atomic mass is 10.2. The van der Waals surface area contributed by atoms with Crippen molar-refractivity contribution >= 4 is 0 Å². The van der Waals surface area contributed by atoms with Crippen molar-refractivity contribution in [1.82, 2.24) is 9.55 Å². The summed E-state index contributed by atoms with van der Waals surface area (Å²) in [6.45, 7) is 0.707. The van der Waals surface area contributed by atoms with Crippen LogP contribution in [0.25, 0.3) is 0 Å². The summed E-state index contributed by atoms with van der Waals surface area (Å²) >= 11 is 0. The van der Waals surface area contributed by atoms with Gasteiger partial charge in [0.25, 0.3) is 5.56 Å². The second-order valence-electron chi connectivity index (χ2n) is 4.47. The molecule has 2 aliphatic rings. The van der Waals surface area contributed by atoms with E-state index in [-0.39, 0.29) is 23.4 Å². The summed E-state index contributed by atoms with van der Waals surface area (Å²) in [6, 6.07) is 1.63. The fourth-order valence-electron chi connectivity index (χ4n) is 2.20. The number of hydrogen-bond donors (Lipinski definition) is 1. The highest BCUT2D eigenvalue weighted by Gasteiger charge is 2.28. The average molecular weight is 222 g/mol. The molecule has 5 heteroatoms. The van der Waals surface area contributed by atoms with Gasteiger partial charge in [-0.3, -0.25) is 9.36 Å². The third kappa shape index (κ3) is 1.61. The summed E-state index contributed by atoms with van der Waals surface area (Å²) < 4.78 is 6.76. The monoisotopic (exact) mass is 222 g/mol. The normalized spacial score (nSPS) is 24.9. The molecular weight excluding hydrogens is 208 g/mol. The quantitative estimate of drug-likeness (QED) is 0.802. The maximum atomic E-state index is 11.8. The zero-order valence-corrected chi connectivity index (χ0v) is 8.94. The second kappa shape index (κ2) is 3.59. The van der Waals surface area contributed by atoms with Crippen molar-refractivity contribution < 1.29 is 4.74 Å². The van der Waals surface area contributed by atoms with Gasteiger partial charge in [-0.1, -0.05) is 0 Å². The van der Waals surface area contributed by atoms with Gasteiger partial charge in [0.2, 0.25) is 0 Å². The Bertz CT molecular complexity index is 475. The Hall–Kier alpha value is -1.36. The first-order valence-electron chi connectivity index (χ1n) is 5.73. The van der Waals surface area contributed by atoms with Crippen molar-refractivity contribution in [2.75, 3.05) is 6.61 Å². The second-order valence-corrected chi connectivity index (χ2v) is 4.47. The van der Waals surface area contributed by atoms with Gasteiger partial charge in [-0.15, -0.1) is 0 Å². The predicted octanol–water partition coefficient (Wildman–Crippen LogP) is 0.723. The van der Waals surface area contributed by atoms with E-state index in [1.807, 2.05) is 0 Å². The van der Waals surface area contributed by atoms with E-state index >= 15 is 0 Å². The third-order valence-electron chi connectivity index (χ3n) is 3.18. The molecule has 1 atom stereocenters. The molecule has 2 heterocycles. The number of nitrogens with zero attached hydrogens (tertiary/aromatic N) is 1. The molecule has 0 bridgehead atoms. The predicted molar refractivity (Wildman–Crippen MR) is 57.5 cm³/mol. The smallest absolute Gasteiger partial charge is 0.328 e. The molecule has 16 heavy (non-hydrogen) atoms. The molecule has 2 fully saturated rings. The first-order chi connectivity index (χ1) is 7.75. The van der Waals surface area contributed by atoms with Gasteiger partial charge >= 0.3 is 5.69 Å². The van der Waals surface area contributed by atoms with E-state index in [1.165, 1.54) is 10.6 Å². The molecule has 1 unspecified atom stereocenters. The van der Waals surface area contributed by atoms with Crippen molar-refractivity contribution in [3.05, 3.63) is 32.6 Å². The first kappa shape index (κ1) is 9.84. The number of aromatic amines is 1. The van der Waals surface area contributed by atoms with E-state index < -0.39 is 0 Å². The van der Waals surface area contributed by atoms with Gasteiger partial charge in [-0.05, 0) is 25.7 Å². The summed E-state index contributed by atoms with van der Waals surface area (Å²) in [5.74, 6) is 0. The summed E-state index contributed by atoms with van der Waals surface area (Å²) in [5.41, 5.74) is 0.140. The molecule has 1 aromatic heterocycles. The van der Waals surface area contributed by atoms with Crippen LogP contribution in [-0.4, -0.2) is 16.2 Å². The van der Waals surface area contributed by atoms with E-state index in [0.29, 0.717) is 12.3 Å². The SMILES string of the molecule is O=c1cc(C2CCCO2)[nH]c(=O)n1C1CC1. The lowest BCUT2D eigenvalue weighted by molar-refractivity contribution is 0.108. The van der Waals surface area contributed by atoms with Crippen LogP contribution in [0.3, 0.4) is 0 Å². The van der Waals surface area contributed by atoms with Crippen LogP contribution in [0.5, 0.6) is 0 Å². The minimum atomic E-state index is -0.291. The molecule has 5 nitrogen and oxygen atoms in total. The van der Waals surface area contributed by atoms with E-state index in [9.17, 15) is 9.59 Å². The van der Waals surface area contributed by atoms with Gasteiger partial charge in [0.1, 0.15) is 0 Å². The van der Waals surface area contributed by atoms with Crippen LogP contribution in [0.15, 0.2) is 15.7 Å². The number of aromatic nitrogens is 2. The number of H-pyrrole nitrogens is 1. The van der Waals surface area contributed by atoms with Crippen molar-refractivity contribution in [3.63, 3.8) is 0 Å². The number of hydrogen-bond acceptors (Lipinski definition) is 3. The van der Waals surface area contributed by atoms with E-state index in [0.717, 1.165) is 25.7 Å². The zero-order valence-electron chi connectivity index (χ0n) is 8.94. The fraction of sp³-hybridized carbons (Fsp3) is 0.636. The Kier molecular flexibility index (Phi) is 2.21. The molecule has 3 rings (SSSR count). The highest BCUT2D eigenvalue weighted by atomic mass is 16.5. The van der Waals surface area contributed by atoms with Crippen LogP contribution >= 0.6 is 0 Å². The van der Waals surface area contributed by atoms with Crippen molar-refractivity contribution in [2.24, 2.45) is 0 Å². The summed E-state index contributed by atoms with van der Waals surface area (Å²) in [4.78, 5) is 26.3. The van der Waals surface area contributed by atoms with Gasteiger partial charge in [0.15, 0.2) is 0 Å². The summed E-state index contributed by atoms with van der Waals surface area (Å²) in [5, 5.41) is 0. The number of ether oxygens (including phenoxy) is 1. The van der Waals surface area contributed by atoms with Gasteiger partial charge < -0.3 is 9.72 Å². The number of rotatable bonds is 2. The van der Waals surface area contributed by atoms with Crippen LogP contribution in [0, 0.1) is 0 Å². The molecule has 1 aliphatic heterocycles. The lowest BCUT2D eigenvalue weighted by Crippen LogP contribution is -2.35. The molecule has 1 saturated carbocycles. The number of nitrogens with one attached hydrogen (secondary N) is 1. The maximum absolute atomic E-state index is 11.8. The molecule has 1 aromatic rings. The fourth-order valence-corrected chi connectivity index (χ4v) is 2.20.